The van der Waals surface area contributed by atoms with Crippen molar-refractivity contribution in [1.29, 1.82) is 0 Å². The second-order valence-corrected chi connectivity index (χ2v) is 4.70. The summed E-state index contributed by atoms with van der Waals surface area (Å²) in [4.78, 5) is 11.0. The maximum absolute atomic E-state index is 11.0. The van der Waals surface area contributed by atoms with Crippen molar-refractivity contribution >= 4 is 11.5 Å². The van der Waals surface area contributed by atoms with E-state index in [4.69, 9.17) is 5.11 Å². The molecule has 2 aromatic carbocycles. The topological polar surface area (TPSA) is 37.3 Å². The quantitative estimate of drug-likeness (QED) is 0.881. The maximum Gasteiger partial charge on any atom is 0.335 e. The first-order chi connectivity index (χ1) is 9.25. The van der Waals surface area contributed by atoms with Crippen LogP contribution in [0.5, 0.6) is 0 Å². The number of carboxylic acid groups (broad SMARTS) is 1. The van der Waals surface area contributed by atoms with Crippen LogP contribution < -0.4 is 0 Å². The SMILES string of the molecule is O=C(O)c1ccc2c(c1)CCC=C2c1ccccc1. The fourth-order valence-corrected chi connectivity index (χ4v) is 2.57. The van der Waals surface area contributed by atoms with Gasteiger partial charge < -0.3 is 5.11 Å². The van der Waals surface area contributed by atoms with Gasteiger partial charge in [0, 0.05) is 0 Å². The Balaban J connectivity index is 2.09. The first kappa shape index (κ1) is 11.7. The third-order valence-electron chi connectivity index (χ3n) is 3.49. The third-order valence-corrected chi connectivity index (χ3v) is 3.49. The number of allylic oxidation sites excluding steroid dienone is 1. The molecule has 0 heterocycles. The van der Waals surface area contributed by atoms with Crippen LogP contribution in [0.1, 0.15) is 33.5 Å². The van der Waals surface area contributed by atoms with Crippen molar-refractivity contribution in [3.8, 4) is 0 Å². The van der Waals surface area contributed by atoms with Gasteiger partial charge in [-0.2, -0.15) is 0 Å². The molecule has 19 heavy (non-hydrogen) atoms. The highest BCUT2D eigenvalue weighted by atomic mass is 16.4. The minimum absolute atomic E-state index is 0.369. The number of benzene rings is 2. The van der Waals surface area contributed by atoms with Crippen LogP contribution in [0.15, 0.2) is 54.6 Å². The number of fused-ring (bicyclic) bond motifs is 1. The fourth-order valence-electron chi connectivity index (χ4n) is 2.57. The number of aryl methyl sites for hydroxylation is 1. The monoisotopic (exact) mass is 250 g/mol. The molecule has 0 aromatic heterocycles. The Morgan fingerprint density at radius 1 is 1.05 bits per heavy atom. The fraction of sp³-hybridized carbons (Fsp3) is 0.118. The van der Waals surface area contributed by atoms with E-state index in [0.717, 1.165) is 24.0 Å². The maximum atomic E-state index is 11.0. The summed E-state index contributed by atoms with van der Waals surface area (Å²) in [5, 5.41) is 9.05. The van der Waals surface area contributed by atoms with Gasteiger partial charge in [0.05, 0.1) is 5.56 Å². The summed E-state index contributed by atoms with van der Waals surface area (Å²) in [5.74, 6) is -0.862. The van der Waals surface area contributed by atoms with E-state index in [1.165, 1.54) is 11.1 Å². The molecule has 0 saturated carbocycles. The Morgan fingerprint density at radius 3 is 2.58 bits per heavy atom. The highest BCUT2D eigenvalue weighted by Crippen LogP contribution is 2.32. The van der Waals surface area contributed by atoms with Gasteiger partial charge in [-0.15, -0.1) is 0 Å². The summed E-state index contributed by atoms with van der Waals surface area (Å²) in [5.41, 5.74) is 5.04. The van der Waals surface area contributed by atoms with Crippen molar-refractivity contribution in [2.24, 2.45) is 0 Å². The van der Waals surface area contributed by atoms with E-state index in [-0.39, 0.29) is 0 Å². The molecule has 3 rings (SSSR count). The Morgan fingerprint density at radius 2 is 1.84 bits per heavy atom. The van der Waals surface area contributed by atoms with Gasteiger partial charge in [0.15, 0.2) is 0 Å². The molecule has 2 heteroatoms. The highest BCUT2D eigenvalue weighted by Gasteiger charge is 2.15. The third kappa shape index (κ3) is 2.17. The molecule has 94 valence electrons. The Kier molecular flexibility index (Phi) is 2.92. The Hall–Kier alpha value is -2.35. The lowest BCUT2D eigenvalue weighted by molar-refractivity contribution is 0.0697. The molecule has 0 aliphatic heterocycles. The summed E-state index contributed by atoms with van der Waals surface area (Å²) in [6.07, 6.45) is 4.10. The van der Waals surface area contributed by atoms with Crippen LogP contribution in [-0.4, -0.2) is 11.1 Å². The first-order valence-electron chi connectivity index (χ1n) is 6.38. The van der Waals surface area contributed by atoms with Crippen LogP contribution in [-0.2, 0) is 6.42 Å². The van der Waals surface area contributed by atoms with Gasteiger partial charge in [0.25, 0.3) is 0 Å². The molecule has 0 fully saturated rings. The van der Waals surface area contributed by atoms with Gasteiger partial charge in [-0.1, -0.05) is 42.5 Å². The summed E-state index contributed by atoms with van der Waals surface area (Å²) in [6, 6.07) is 15.6. The van der Waals surface area contributed by atoms with Crippen molar-refractivity contribution < 1.29 is 9.90 Å². The highest BCUT2D eigenvalue weighted by molar-refractivity contribution is 5.90. The van der Waals surface area contributed by atoms with E-state index in [0.29, 0.717) is 5.56 Å². The molecule has 1 aliphatic rings. The average Bonchev–Trinajstić information content (AvgIpc) is 2.47. The molecule has 0 atom stereocenters. The van der Waals surface area contributed by atoms with Gasteiger partial charge in [-0.05, 0) is 47.2 Å². The van der Waals surface area contributed by atoms with Crippen LogP contribution in [0, 0.1) is 0 Å². The van der Waals surface area contributed by atoms with E-state index < -0.39 is 5.97 Å². The molecule has 1 aliphatic carbocycles. The molecule has 0 radical (unpaired) electrons. The Bertz CT molecular complexity index is 654. The predicted octanol–water partition coefficient (Wildman–Crippen LogP) is 3.76. The minimum atomic E-state index is -0.862. The van der Waals surface area contributed by atoms with Gasteiger partial charge in [0.1, 0.15) is 0 Å². The molecule has 0 bridgehead atoms. The number of hydrogen-bond donors (Lipinski definition) is 1. The summed E-state index contributed by atoms with van der Waals surface area (Å²) in [7, 11) is 0. The van der Waals surface area contributed by atoms with Crippen LogP contribution in [0.25, 0.3) is 5.57 Å². The number of aromatic carboxylic acids is 1. The lowest BCUT2D eigenvalue weighted by Crippen LogP contribution is -2.04. The van der Waals surface area contributed by atoms with E-state index in [9.17, 15) is 4.79 Å². The molecule has 1 N–H and O–H groups in total. The Labute approximate surface area is 112 Å². The molecular weight excluding hydrogens is 236 g/mol. The van der Waals surface area contributed by atoms with Crippen molar-refractivity contribution in [1.82, 2.24) is 0 Å². The zero-order valence-corrected chi connectivity index (χ0v) is 10.5. The normalized spacial score (nSPS) is 13.6. The number of rotatable bonds is 2. The molecular formula is C17H14O2. The van der Waals surface area contributed by atoms with E-state index in [2.05, 4.69) is 18.2 Å². The summed E-state index contributed by atoms with van der Waals surface area (Å²) in [6.45, 7) is 0. The van der Waals surface area contributed by atoms with Crippen LogP contribution in [0.2, 0.25) is 0 Å². The minimum Gasteiger partial charge on any atom is -0.478 e. The number of carboxylic acids is 1. The lowest BCUT2D eigenvalue weighted by atomic mass is 9.86. The van der Waals surface area contributed by atoms with Gasteiger partial charge >= 0.3 is 5.97 Å². The molecule has 2 aromatic rings. The molecule has 0 spiro atoms. The van der Waals surface area contributed by atoms with E-state index in [1.54, 1.807) is 12.1 Å². The standard InChI is InChI=1S/C17H14O2/c18-17(19)14-9-10-16-13(11-14)7-4-8-15(16)12-5-2-1-3-6-12/h1-3,5-6,8-11H,4,7H2,(H,18,19). The predicted molar refractivity (Wildman–Crippen MR) is 75.2 cm³/mol. The number of carbonyl (C=O) groups is 1. The summed E-state index contributed by atoms with van der Waals surface area (Å²) >= 11 is 0. The van der Waals surface area contributed by atoms with Crippen LogP contribution in [0.3, 0.4) is 0 Å². The molecule has 0 saturated heterocycles. The zero-order valence-electron chi connectivity index (χ0n) is 10.5. The zero-order chi connectivity index (χ0) is 13.2. The first-order valence-corrected chi connectivity index (χ1v) is 6.38. The van der Waals surface area contributed by atoms with Gasteiger partial charge in [-0.3, -0.25) is 0 Å². The molecule has 2 nitrogen and oxygen atoms in total. The van der Waals surface area contributed by atoms with E-state index in [1.807, 2.05) is 24.3 Å². The van der Waals surface area contributed by atoms with Crippen molar-refractivity contribution in [2.75, 3.05) is 0 Å². The second kappa shape index (κ2) is 4.73. The average molecular weight is 250 g/mol. The molecule has 0 unspecified atom stereocenters. The molecule has 0 amide bonds. The van der Waals surface area contributed by atoms with Crippen molar-refractivity contribution in [2.45, 2.75) is 12.8 Å². The second-order valence-electron chi connectivity index (χ2n) is 4.70. The lowest BCUT2D eigenvalue weighted by Gasteiger charge is -2.18. The number of hydrogen-bond acceptors (Lipinski definition) is 1. The van der Waals surface area contributed by atoms with Crippen molar-refractivity contribution in [3.05, 3.63) is 76.9 Å². The van der Waals surface area contributed by atoms with Gasteiger partial charge in [-0.25, -0.2) is 4.79 Å². The van der Waals surface area contributed by atoms with E-state index >= 15 is 0 Å². The smallest absolute Gasteiger partial charge is 0.335 e. The van der Waals surface area contributed by atoms with Gasteiger partial charge in [0.2, 0.25) is 0 Å². The largest absolute Gasteiger partial charge is 0.478 e. The van der Waals surface area contributed by atoms with Crippen LogP contribution in [0.4, 0.5) is 0 Å². The van der Waals surface area contributed by atoms with Crippen LogP contribution >= 0.6 is 0 Å². The summed E-state index contributed by atoms with van der Waals surface area (Å²) < 4.78 is 0. The van der Waals surface area contributed by atoms with Crippen molar-refractivity contribution in [3.63, 3.8) is 0 Å².